The molecule has 1 unspecified atom stereocenters. The largest absolute Gasteiger partial charge is 0.314 e. The highest BCUT2D eigenvalue weighted by Crippen LogP contribution is 2.20. The number of hydrogen-bond acceptors (Lipinski definition) is 4. The third kappa shape index (κ3) is 3.78. The highest BCUT2D eigenvalue weighted by molar-refractivity contribution is 7.07. The van der Waals surface area contributed by atoms with Gasteiger partial charge in [-0.15, -0.1) is 0 Å². The molecule has 1 aromatic heterocycles. The van der Waals surface area contributed by atoms with Crippen molar-refractivity contribution in [2.75, 3.05) is 46.3 Å². The molecule has 0 bridgehead atoms. The molecular weight excluding hydrogens is 230 g/mol. The molecule has 0 radical (unpaired) electrons. The lowest BCUT2D eigenvalue weighted by atomic mass is 10.1. The predicted octanol–water partition coefficient (Wildman–Crippen LogP) is 1.65. The molecule has 2 heterocycles. The van der Waals surface area contributed by atoms with Crippen molar-refractivity contribution in [2.24, 2.45) is 0 Å². The highest BCUT2D eigenvalue weighted by Gasteiger charge is 2.14. The minimum atomic E-state index is 0.532. The molecular formula is C13H23N3S. The number of nitrogens with one attached hydrogen (secondary N) is 1. The molecule has 3 nitrogen and oxygen atoms in total. The molecule has 96 valence electrons. The average molecular weight is 253 g/mol. The fourth-order valence-corrected chi connectivity index (χ4v) is 2.94. The van der Waals surface area contributed by atoms with Crippen LogP contribution in [0.3, 0.4) is 0 Å². The monoisotopic (exact) mass is 253 g/mol. The number of thiophene rings is 1. The fourth-order valence-electron chi connectivity index (χ4n) is 2.19. The SMILES string of the molecule is CC(c1ccsc1)N(C)CCN1CCNCC1. The van der Waals surface area contributed by atoms with Gasteiger partial charge in [-0.05, 0) is 36.4 Å². The minimum absolute atomic E-state index is 0.532. The molecule has 1 aliphatic heterocycles. The Balaban J connectivity index is 1.74. The van der Waals surface area contributed by atoms with Crippen molar-refractivity contribution in [1.29, 1.82) is 0 Å². The van der Waals surface area contributed by atoms with Crippen molar-refractivity contribution in [2.45, 2.75) is 13.0 Å². The Bertz CT molecular complexity index is 306. The Morgan fingerprint density at radius 1 is 1.47 bits per heavy atom. The molecule has 0 aromatic carbocycles. The fraction of sp³-hybridized carbons (Fsp3) is 0.692. The molecule has 0 saturated carbocycles. The van der Waals surface area contributed by atoms with Crippen LogP contribution in [0.25, 0.3) is 0 Å². The third-order valence-electron chi connectivity index (χ3n) is 3.67. The quantitative estimate of drug-likeness (QED) is 0.861. The second-order valence-electron chi connectivity index (χ2n) is 4.80. The second-order valence-corrected chi connectivity index (χ2v) is 5.58. The molecule has 1 fully saturated rings. The highest BCUT2D eigenvalue weighted by atomic mass is 32.1. The van der Waals surface area contributed by atoms with Crippen molar-refractivity contribution in [3.63, 3.8) is 0 Å². The van der Waals surface area contributed by atoms with E-state index in [1.54, 1.807) is 11.3 Å². The summed E-state index contributed by atoms with van der Waals surface area (Å²) in [5.41, 5.74) is 1.44. The molecule has 4 heteroatoms. The first kappa shape index (κ1) is 13.0. The van der Waals surface area contributed by atoms with Crippen LogP contribution in [0.5, 0.6) is 0 Å². The van der Waals surface area contributed by atoms with E-state index in [1.165, 1.54) is 25.2 Å². The molecule has 1 aromatic rings. The average Bonchev–Trinajstić information content (AvgIpc) is 2.90. The molecule has 0 amide bonds. The van der Waals surface area contributed by atoms with Crippen molar-refractivity contribution >= 4 is 11.3 Å². The van der Waals surface area contributed by atoms with Gasteiger partial charge < -0.3 is 5.32 Å². The van der Waals surface area contributed by atoms with Crippen molar-refractivity contribution in [3.8, 4) is 0 Å². The Morgan fingerprint density at radius 3 is 2.88 bits per heavy atom. The van der Waals surface area contributed by atoms with Crippen molar-refractivity contribution in [1.82, 2.24) is 15.1 Å². The topological polar surface area (TPSA) is 18.5 Å². The number of nitrogens with zero attached hydrogens (tertiary/aromatic N) is 2. The van der Waals surface area contributed by atoms with E-state index in [0.717, 1.165) is 19.6 Å². The Labute approximate surface area is 108 Å². The van der Waals surface area contributed by atoms with Crippen molar-refractivity contribution in [3.05, 3.63) is 22.4 Å². The van der Waals surface area contributed by atoms with Crippen LogP contribution >= 0.6 is 11.3 Å². The van der Waals surface area contributed by atoms with Gasteiger partial charge in [-0.1, -0.05) is 0 Å². The van der Waals surface area contributed by atoms with Crippen LogP contribution in [0.1, 0.15) is 18.5 Å². The molecule has 1 saturated heterocycles. The first-order chi connectivity index (χ1) is 8.27. The van der Waals surface area contributed by atoms with Gasteiger partial charge in [0.15, 0.2) is 0 Å². The lowest BCUT2D eigenvalue weighted by molar-refractivity contribution is 0.183. The van der Waals surface area contributed by atoms with Crippen LogP contribution < -0.4 is 5.32 Å². The van der Waals surface area contributed by atoms with Crippen LogP contribution in [0.4, 0.5) is 0 Å². The van der Waals surface area contributed by atoms with Gasteiger partial charge in [-0.3, -0.25) is 9.80 Å². The molecule has 1 N–H and O–H groups in total. The van der Waals surface area contributed by atoms with E-state index in [9.17, 15) is 0 Å². The summed E-state index contributed by atoms with van der Waals surface area (Å²) in [6, 6.07) is 2.76. The first-order valence-electron chi connectivity index (χ1n) is 6.43. The maximum absolute atomic E-state index is 3.39. The maximum Gasteiger partial charge on any atom is 0.0325 e. The van der Waals surface area contributed by atoms with E-state index in [2.05, 4.69) is 45.9 Å². The molecule has 1 aliphatic rings. The lowest BCUT2D eigenvalue weighted by Crippen LogP contribution is -2.46. The van der Waals surface area contributed by atoms with Gasteiger partial charge in [0.25, 0.3) is 0 Å². The van der Waals surface area contributed by atoms with Gasteiger partial charge in [0.1, 0.15) is 0 Å². The number of hydrogen-bond donors (Lipinski definition) is 1. The summed E-state index contributed by atoms with van der Waals surface area (Å²) >= 11 is 1.79. The summed E-state index contributed by atoms with van der Waals surface area (Å²) in [6.07, 6.45) is 0. The summed E-state index contributed by atoms with van der Waals surface area (Å²) < 4.78 is 0. The van der Waals surface area contributed by atoms with Crippen LogP contribution in [0.2, 0.25) is 0 Å². The molecule has 1 atom stereocenters. The number of likely N-dealkylation sites (N-methyl/N-ethyl adjacent to an activating group) is 1. The van der Waals surface area contributed by atoms with E-state index in [0.29, 0.717) is 6.04 Å². The summed E-state index contributed by atoms with van der Waals surface area (Å²) in [7, 11) is 2.23. The second kappa shape index (κ2) is 6.50. The van der Waals surface area contributed by atoms with Crippen molar-refractivity contribution < 1.29 is 0 Å². The van der Waals surface area contributed by atoms with Gasteiger partial charge in [0.2, 0.25) is 0 Å². The van der Waals surface area contributed by atoms with E-state index < -0.39 is 0 Å². The van der Waals surface area contributed by atoms with Crippen LogP contribution in [0, 0.1) is 0 Å². The Morgan fingerprint density at radius 2 is 2.24 bits per heavy atom. The number of rotatable bonds is 5. The molecule has 17 heavy (non-hydrogen) atoms. The normalized spacial score (nSPS) is 19.7. The minimum Gasteiger partial charge on any atom is -0.314 e. The van der Waals surface area contributed by atoms with Gasteiger partial charge in [0, 0.05) is 45.3 Å². The predicted molar refractivity (Wildman–Crippen MR) is 74.7 cm³/mol. The van der Waals surface area contributed by atoms with Gasteiger partial charge in [-0.25, -0.2) is 0 Å². The van der Waals surface area contributed by atoms with E-state index in [-0.39, 0.29) is 0 Å². The smallest absolute Gasteiger partial charge is 0.0325 e. The zero-order valence-electron chi connectivity index (χ0n) is 10.9. The van der Waals surface area contributed by atoms with Crippen LogP contribution in [-0.4, -0.2) is 56.1 Å². The lowest BCUT2D eigenvalue weighted by Gasteiger charge is -2.31. The maximum atomic E-state index is 3.39. The van der Waals surface area contributed by atoms with E-state index in [1.807, 2.05) is 0 Å². The van der Waals surface area contributed by atoms with E-state index >= 15 is 0 Å². The summed E-state index contributed by atoms with van der Waals surface area (Å²) in [5, 5.41) is 7.81. The standard InChI is InChI=1S/C13H23N3S/c1-12(13-3-10-17-11-13)15(2)8-9-16-6-4-14-5-7-16/h3,10-12,14H,4-9H2,1-2H3. The third-order valence-corrected chi connectivity index (χ3v) is 4.37. The molecule has 0 aliphatic carbocycles. The van der Waals surface area contributed by atoms with Gasteiger partial charge in [-0.2, -0.15) is 11.3 Å². The zero-order chi connectivity index (χ0) is 12.1. The van der Waals surface area contributed by atoms with Crippen LogP contribution in [-0.2, 0) is 0 Å². The van der Waals surface area contributed by atoms with Gasteiger partial charge >= 0.3 is 0 Å². The molecule has 0 spiro atoms. The number of piperazine rings is 1. The Kier molecular flexibility index (Phi) is 4.98. The summed E-state index contributed by atoms with van der Waals surface area (Å²) in [4.78, 5) is 5.00. The van der Waals surface area contributed by atoms with E-state index in [4.69, 9.17) is 0 Å². The Hall–Kier alpha value is -0.420. The van der Waals surface area contributed by atoms with Crippen LogP contribution in [0.15, 0.2) is 16.8 Å². The van der Waals surface area contributed by atoms with Gasteiger partial charge in [0.05, 0.1) is 0 Å². The first-order valence-corrected chi connectivity index (χ1v) is 7.37. The molecule has 2 rings (SSSR count). The summed E-state index contributed by atoms with van der Waals surface area (Å²) in [6.45, 7) is 9.30. The summed E-state index contributed by atoms with van der Waals surface area (Å²) in [5.74, 6) is 0. The zero-order valence-corrected chi connectivity index (χ0v) is 11.7.